The molecule has 0 aliphatic heterocycles. The minimum Gasteiger partial charge on any atom is -0.375 e. The summed E-state index contributed by atoms with van der Waals surface area (Å²) in [4.78, 5) is 0. The third kappa shape index (κ3) is 2.00. The molecule has 0 radical (unpaired) electrons. The van der Waals surface area contributed by atoms with Crippen LogP contribution < -0.4 is 11.2 Å². The van der Waals surface area contributed by atoms with E-state index in [1.165, 1.54) is 16.7 Å². The van der Waals surface area contributed by atoms with Gasteiger partial charge in [-0.05, 0) is 30.3 Å². The lowest BCUT2D eigenvalue weighted by atomic mass is 10.0. The third-order valence-electron chi connectivity index (χ3n) is 3.18. The molecule has 3 N–H and O–H groups in total. The van der Waals surface area contributed by atoms with Gasteiger partial charge >= 0.3 is 0 Å². The maximum atomic E-state index is 5.45. The van der Waals surface area contributed by atoms with Crippen molar-refractivity contribution in [1.82, 2.24) is 5.43 Å². The van der Waals surface area contributed by atoms with Crippen molar-refractivity contribution in [1.29, 1.82) is 0 Å². The Bertz CT molecular complexity index is 704. The molecule has 0 fully saturated rings. The number of nitrogens with zero attached hydrogens (tertiary/aromatic N) is 1. The number of thiocarbonyl (C=S) groups is 1. The molecule has 2 aromatic carbocycles. The highest BCUT2D eigenvalue weighted by Gasteiger charge is 2.24. The van der Waals surface area contributed by atoms with Crippen molar-refractivity contribution >= 4 is 23.0 Å². The number of nitrogens with one attached hydrogen (secondary N) is 1. The van der Waals surface area contributed by atoms with E-state index in [2.05, 4.69) is 47.8 Å². The topological polar surface area (TPSA) is 50.4 Å². The van der Waals surface area contributed by atoms with Gasteiger partial charge in [0.25, 0.3) is 0 Å². The zero-order valence-corrected chi connectivity index (χ0v) is 11.3. The molecule has 2 aromatic rings. The summed E-state index contributed by atoms with van der Waals surface area (Å²) in [6.07, 6.45) is 0. The highest BCUT2D eigenvalue weighted by molar-refractivity contribution is 7.80. The second-order valence-electron chi connectivity index (χ2n) is 4.53. The number of nitrogens with two attached hydrogens (primary N) is 1. The predicted octanol–water partition coefficient (Wildman–Crippen LogP) is 2.56. The van der Waals surface area contributed by atoms with Crippen LogP contribution in [0.5, 0.6) is 0 Å². The minimum absolute atomic E-state index is 0.172. The average Bonchev–Trinajstić information content (AvgIpc) is 2.70. The number of fused-ring (bicyclic) bond motifs is 3. The van der Waals surface area contributed by atoms with Crippen molar-refractivity contribution in [2.75, 3.05) is 0 Å². The van der Waals surface area contributed by atoms with Crippen LogP contribution in [-0.2, 0) is 0 Å². The number of rotatable bonds is 1. The molecule has 0 heterocycles. The maximum absolute atomic E-state index is 5.45. The third-order valence-corrected chi connectivity index (χ3v) is 3.27. The van der Waals surface area contributed by atoms with E-state index < -0.39 is 0 Å². The van der Waals surface area contributed by atoms with E-state index in [1.807, 2.05) is 12.1 Å². The molecule has 0 unspecified atom stereocenters. The first-order valence-corrected chi connectivity index (χ1v) is 6.41. The van der Waals surface area contributed by atoms with Crippen molar-refractivity contribution in [2.45, 2.75) is 6.92 Å². The van der Waals surface area contributed by atoms with E-state index in [0.29, 0.717) is 0 Å². The summed E-state index contributed by atoms with van der Waals surface area (Å²) in [6.45, 7) is 2.09. The van der Waals surface area contributed by atoms with Gasteiger partial charge in [-0.2, -0.15) is 5.10 Å². The van der Waals surface area contributed by atoms with Crippen LogP contribution in [0.3, 0.4) is 0 Å². The molecule has 94 valence electrons. The van der Waals surface area contributed by atoms with Gasteiger partial charge in [0.05, 0.1) is 5.71 Å². The van der Waals surface area contributed by atoms with Crippen LogP contribution >= 0.6 is 12.2 Å². The summed E-state index contributed by atoms with van der Waals surface area (Å²) in [6, 6.07) is 14.6. The van der Waals surface area contributed by atoms with E-state index in [0.717, 1.165) is 16.8 Å². The van der Waals surface area contributed by atoms with Crippen LogP contribution in [0.1, 0.15) is 16.7 Å². The number of benzene rings is 2. The lowest BCUT2D eigenvalue weighted by molar-refractivity contribution is 1.03. The molecule has 1 aliphatic carbocycles. The van der Waals surface area contributed by atoms with Gasteiger partial charge in [-0.1, -0.05) is 48.0 Å². The first kappa shape index (κ1) is 11.9. The molecule has 0 aromatic heterocycles. The smallest absolute Gasteiger partial charge is 0.184 e. The maximum Gasteiger partial charge on any atom is 0.184 e. The van der Waals surface area contributed by atoms with Gasteiger partial charge in [-0.25, -0.2) is 0 Å². The van der Waals surface area contributed by atoms with Crippen molar-refractivity contribution < 1.29 is 0 Å². The molecule has 0 bridgehead atoms. The van der Waals surface area contributed by atoms with Crippen LogP contribution in [0.15, 0.2) is 47.6 Å². The van der Waals surface area contributed by atoms with Crippen LogP contribution in [0, 0.1) is 6.92 Å². The van der Waals surface area contributed by atoms with Crippen LogP contribution in [0.25, 0.3) is 11.1 Å². The standard InChI is InChI=1S/C15H13N3S/c1-9-6-7-12-13(8-9)10-4-2-3-5-11(10)14(12)17-18-15(16)19/h2-8H,1H3,(H3,16,18,19)/b17-14+. The Labute approximate surface area is 117 Å². The molecule has 0 saturated heterocycles. The van der Waals surface area contributed by atoms with Crippen LogP contribution in [-0.4, -0.2) is 10.8 Å². The quantitative estimate of drug-likeness (QED) is 0.526. The molecular formula is C15H13N3S. The Morgan fingerprint density at radius 1 is 1.05 bits per heavy atom. The molecule has 1 aliphatic rings. The zero-order valence-electron chi connectivity index (χ0n) is 10.5. The second-order valence-corrected chi connectivity index (χ2v) is 4.97. The Kier molecular flexibility index (Phi) is 2.80. The van der Waals surface area contributed by atoms with Crippen molar-refractivity contribution in [2.24, 2.45) is 10.8 Å². The van der Waals surface area contributed by atoms with E-state index in [-0.39, 0.29) is 5.11 Å². The molecule has 4 heteroatoms. The molecule has 3 nitrogen and oxygen atoms in total. The lowest BCUT2D eigenvalue weighted by Gasteiger charge is -2.03. The first-order valence-electron chi connectivity index (χ1n) is 6.01. The Hall–Kier alpha value is -2.20. The van der Waals surface area contributed by atoms with Crippen LogP contribution in [0.2, 0.25) is 0 Å². The fourth-order valence-electron chi connectivity index (χ4n) is 2.39. The number of hydrogen-bond donors (Lipinski definition) is 2. The molecular weight excluding hydrogens is 254 g/mol. The van der Waals surface area contributed by atoms with Crippen molar-refractivity contribution in [3.63, 3.8) is 0 Å². The van der Waals surface area contributed by atoms with Gasteiger partial charge in [0.1, 0.15) is 0 Å². The molecule has 0 atom stereocenters. The Morgan fingerprint density at radius 2 is 1.74 bits per heavy atom. The first-order chi connectivity index (χ1) is 9.16. The number of hydrogen-bond acceptors (Lipinski definition) is 2. The molecule has 0 saturated carbocycles. The van der Waals surface area contributed by atoms with E-state index in [4.69, 9.17) is 18.0 Å². The fraction of sp³-hybridized carbons (Fsp3) is 0.0667. The molecule has 19 heavy (non-hydrogen) atoms. The Balaban J connectivity index is 2.22. The van der Waals surface area contributed by atoms with E-state index in [9.17, 15) is 0 Å². The zero-order chi connectivity index (χ0) is 13.4. The minimum atomic E-state index is 0.172. The van der Waals surface area contributed by atoms with Crippen molar-refractivity contribution in [3.05, 3.63) is 59.2 Å². The number of hydrazone groups is 1. The molecule has 3 rings (SSSR count). The fourth-order valence-corrected chi connectivity index (χ4v) is 2.43. The summed E-state index contributed by atoms with van der Waals surface area (Å²) >= 11 is 4.81. The molecule has 0 spiro atoms. The summed E-state index contributed by atoms with van der Waals surface area (Å²) < 4.78 is 0. The van der Waals surface area contributed by atoms with Crippen molar-refractivity contribution in [3.8, 4) is 11.1 Å². The average molecular weight is 267 g/mol. The van der Waals surface area contributed by atoms with Gasteiger partial charge in [0.15, 0.2) is 5.11 Å². The van der Waals surface area contributed by atoms with E-state index >= 15 is 0 Å². The highest BCUT2D eigenvalue weighted by atomic mass is 32.1. The SMILES string of the molecule is Cc1ccc2c(c1)-c1ccccc1/C2=N\NC(N)=S. The van der Waals surface area contributed by atoms with Gasteiger partial charge in [-0.15, -0.1) is 0 Å². The summed E-state index contributed by atoms with van der Waals surface area (Å²) in [7, 11) is 0. The predicted molar refractivity (Wildman–Crippen MR) is 82.2 cm³/mol. The normalized spacial score (nSPS) is 14.1. The van der Waals surface area contributed by atoms with E-state index in [1.54, 1.807) is 0 Å². The Morgan fingerprint density at radius 3 is 2.47 bits per heavy atom. The summed E-state index contributed by atoms with van der Waals surface area (Å²) in [5.74, 6) is 0. The van der Waals surface area contributed by atoms with Gasteiger partial charge in [0, 0.05) is 11.1 Å². The summed E-state index contributed by atoms with van der Waals surface area (Å²) in [5.41, 5.74) is 14.9. The second kappa shape index (κ2) is 4.48. The monoisotopic (exact) mass is 267 g/mol. The van der Waals surface area contributed by atoms with Crippen LogP contribution in [0.4, 0.5) is 0 Å². The number of aryl methyl sites for hydroxylation is 1. The van der Waals surface area contributed by atoms with Gasteiger partial charge in [0.2, 0.25) is 0 Å². The van der Waals surface area contributed by atoms with Gasteiger partial charge < -0.3 is 5.73 Å². The largest absolute Gasteiger partial charge is 0.375 e. The highest BCUT2D eigenvalue weighted by Crippen LogP contribution is 2.37. The summed E-state index contributed by atoms with van der Waals surface area (Å²) in [5, 5.41) is 4.51. The molecule has 0 amide bonds. The van der Waals surface area contributed by atoms with Gasteiger partial charge in [-0.3, -0.25) is 5.43 Å². The lowest BCUT2D eigenvalue weighted by Crippen LogP contribution is -2.25.